The molecule has 0 aromatic heterocycles. The summed E-state index contributed by atoms with van der Waals surface area (Å²) >= 11 is 0. The molecule has 1 heteroatoms. The van der Waals surface area contributed by atoms with E-state index in [1.807, 2.05) is 6.92 Å². The third kappa shape index (κ3) is 7.15. The summed E-state index contributed by atoms with van der Waals surface area (Å²) in [7, 11) is 0. The summed E-state index contributed by atoms with van der Waals surface area (Å²) in [6.07, 6.45) is 6.09. The highest BCUT2D eigenvalue weighted by atomic mass is 16.3. The van der Waals surface area contributed by atoms with Gasteiger partial charge in [-0.1, -0.05) is 25.3 Å². The zero-order valence-electron chi connectivity index (χ0n) is 7.30. The Balaban J connectivity index is 3.51. The lowest BCUT2D eigenvalue weighted by atomic mass is 10.2. The predicted octanol–water partition coefficient (Wildman–Crippen LogP) is 2.12. The number of hydrogen-bond acceptors (Lipinski definition) is 1. The van der Waals surface area contributed by atoms with Gasteiger partial charge in [0, 0.05) is 6.42 Å². The third-order valence-corrected chi connectivity index (χ3v) is 1.28. The van der Waals surface area contributed by atoms with E-state index in [4.69, 9.17) is 5.11 Å². The standard InChI is InChI=1S/C10H16O/c1-3-5-6-7-9-10(11)8-4-2/h4,8,10-11H,3,5-6H2,1-2H3/b8-4+. The zero-order valence-corrected chi connectivity index (χ0v) is 7.30. The molecule has 0 saturated heterocycles. The van der Waals surface area contributed by atoms with Gasteiger partial charge in [0.05, 0.1) is 0 Å². The van der Waals surface area contributed by atoms with E-state index in [-0.39, 0.29) is 0 Å². The van der Waals surface area contributed by atoms with E-state index < -0.39 is 6.10 Å². The third-order valence-electron chi connectivity index (χ3n) is 1.28. The zero-order chi connectivity index (χ0) is 8.53. The molecule has 1 nitrogen and oxygen atoms in total. The Hall–Kier alpha value is -0.740. The molecule has 0 aromatic carbocycles. The van der Waals surface area contributed by atoms with Gasteiger partial charge >= 0.3 is 0 Å². The molecule has 1 unspecified atom stereocenters. The molecule has 0 amide bonds. The van der Waals surface area contributed by atoms with Crippen LogP contribution in [0.2, 0.25) is 0 Å². The smallest absolute Gasteiger partial charge is 0.133 e. The molecule has 0 heterocycles. The topological polar surface area (TPSA) is 20.2 Å². The largest absolute Gasteiger partial charge is 0.377 e. The van der Waals surface area contributed by atoms with E-state index in [0.29, 0.717) is 0 Å². The normalized spacial score (nSPS) is 12.6. The number of allylic oxidation sites excluding steroid dienone is 1. The van der Waals surface area contributed by atoms with Gasteiger partial charge in [0.1, 0.15) is 6.10 Å². The Bertz CT molecular complexity index is 159. The maximum atomic E-state index is 9.09. The van der Waals surface area contributed by atoms with Crippen molar-refractivity contribution in [1.29, 1.82) is 0 Å². The molecule has 62 valence electrons. The first-order valence-electron chi connectivity index (χ1n) is 4.10. The van der Waals surface area contributed by atoms with Gasteiger partial charge in [-0.2, -0.15) is 0 Å². The number of aliphatic hydroxyl groups is 1. The van der Waals surface area contributed by atoms with Crippen LogP contribution >= 0.6 is 0 Å². The Labute approximate surface area is 69.1 Å². The molecule has 0 aliphatic carbocycles. The SMILES string of the molecule is C/C=C/C(O)C#CCCCC. The van der Waals surface area contributed by atoms with Crippen LogP contribution in [0.25, 0.3) is 0 Å². The lowest BCUT2D eigenvalue weighted by Crippen LogP contribution is -1.95. The van der Waals surface area contributed by atoms with E-state index in [0.717, 1.165) is 19.3 Å². The fourth-order valence-corrected chi connectivity index (χ4v) is 0.672. The Morgan fingerprint density at radius 3 is 2.82 bits per heavy atom. The van der Waals surface area contributed by atoms with Crippen molar-refractivity contribution in [3.63, 3.8) is 0 Å². The Morgan fingerprint density at radius 2 is 2.27 bits per heavy atom. The summed E-state index contributed by atoms with van der Waals surface area (Å²) < 4.78 is 0. The minimum absolute atomic E-state index is 0.572. The molecule has 0 rings (SSSR count). The van der Waals surface area contributed by atoms with E-state index in [9.17, 15) is 0 Å². The van der Waals surface area contributed by atoms with Gasteiger partial charge in [-0.05, 0) is 19.4 Å². The fourth-order valence-electron chi connectivity index (χ4n) is 0.672. The first-order valence-corrected chi connectivity index (χ1v) is 4.10. The van der Waals surface area contributed by atoms with Crippen molar-refractivity contribution in [2.24, 2.45) is 0 Å². The van der Waals surface area contributed by atoms with Crippen molar-refractivity contribution in [1.82, 2.24) is 0 Å². The van der Waals surface area contributed by atoms with Crippen LogP contribution in [0.15, 0.2) is 12.2 Å². The molecular weight excluding hydrogens is 136 g/mol. The molecule has 1 N–H and O–H groups in total. The van der Waals surface area contributed by atoms with E-state index >= 15 is 0 Å². The number of rotatable bonds is 3. The molecule has 11 heavy (non-hydrogen) atoms. The average molecular weight is 152 g/mol. The van der Waals surface area contributed by atoms with Crippen molar-refractivity contribution >= 4 is 0 Å². The van der Waals surface area contributed by atoms with Crippen LogP contribution in [0.1, 0.15) is 33.1 Å². The van der Waals surface area contributed by atoms with Crippen LogP contribution in [0.5, 0.6) is 0 Å². The average Bonchev–Trinajstić information content (AvgIpc) is 1.99. The maximum Gasteiger partial charge on any atom is 0.133 e. The fraction of sp³-hybridized carbons (Fsp3) is 0.600. The molecular formula is C10H16O. The Kier molecular flexibility index (Phi) is 6.87. The van der Waals surface area contributed by atoms with Crippen molar-refractivity contribution in [2.75, 3.05) is 0 Å². The second-order valence-electron chi connectivity index (χ2n) is 2.40. The molecule has 0 aromatic rings. The predicted molar refractivity (Wildman–Crippen MR) is 48.1 cm³/mol. The second-order valence-corrected chi connectivity index (χ2v) is 2.40. The Morgan fingerprint density at radius 1 is 1.55 bits per heavy atom. The number of unbranched alkanes of at least 4 members (excludes halogenated alkanes) is 2. The molecule has 0 bridgehead atoms. The molecule has 1 atom stereocenters. The van der Waals surface area contributed by atoms with Gasteiger partial charge in [0.2, 0.25) is 0 Å². The maximum absolute atomic E-state index is 9.09. The van der Waals surface area contributed by atoms with E-state index in [1.54, 1.807) is 12.2 Å². The summed E-state index contributed by atoms with van der Waals surface area (Å²) in [5, 5.41) is 9.09. The van der Waals surface area contributed by atoms with Crippen molar-refractivity contribution in [3.8, 4) is 11.8 Å². The van der Waals surface area contributed by atoms with Crippen LogP contribution in [0, 0.1) is 11.8 Å². The van der Waals surface area contributed by atoms with Crippen molar-refractivity contribution in [2.45, 2.75) is 39.2 Å². The van der Waals surface area contributed by atoms with Crippen LogP contribution < -0.4 is 0 Å². The van der Waals surface area contributed by atoms with Crippen LogP contribution in [-0.2, 0) is 0 Å². The summed E-state index contributed by atoms with van der Waals surface area (Å²) in [6.45, 7) is 4.00. The van der Waals surface area contributed by atoms with Gasteiger partial charge in [-0.3, -0.25) is 0 Å². The molecule has 0 spiro atoms. The first kappa shape index (κ1) is 10.3. The highest BCUT2D eigenvalue weighted by molar-refractivity contribution is 5.11. The van der Waals surface area contributed by atoms with Gasteiger partial charge in [-0.25, -0.2) is 0 Å². The van der Waals surface area contributed by atoms with Gasteiger partial charge < -0.3 is 5.11 Å². The number of aliphatic hydroxyl groups excluding tert-OH is 1. The molecule has 0 aliphatic heterocycles. The van der Waals surface area contributed by atoms with Gasteiger partial charge in [-0.15, -0.1) is 5.92 Å². The summed E-state index contributed by atoms with van der Waals surface area (Å²) in [5.74, 6) is 5.66. The summed E-state index contributed by atoms with van der Waals surface area (Å²) in [6, 6.07) is 0. The van der Waals surface area contributed by atoms with E-state index in [2.05, 4.69) is 18.8 Å². The number of hydrogen-bond donors (Lipinski definition) is 1. The minimum Gasteiger partial charge on any atom is -0.377 e. The second kappa shape index (κ2) is 7.37. The van der Waals surface area contributed by atoms with Crippen molar-refractivity contribution in [3.05, 3.63) is 12.2 Å². The highest BCUT2D eigenvalue weighted by Crippen LogP contribution is 1.91. The summed E-state index contributed by atoms with van der Waals surface area (Å²) in [5.41, 5.74) is 0. The van der Waals surface area contributed by atoms with Crippen molar-refractivity contribution < 1.29 is 5.11 Å². The minimum atomic E-state index is -0.572. The lowest BCUT2D eigenvalue weighted by Gasteiger charge is -1.90. The van der Waals surface area contributed by atoms with Crippen LogP contribution in [0.4, 0.5) is 0 Å². The molecule has 0 saturated carbocycles. The first-order chi connectivity index (χ1) is 5.31. The van der Waals surface area contributed by atoms with Gasteiger partial charge in [0.25, 0.3) is 0 Å². The monoisotopic (exact) mass is 152 g/mol. The van der Waals surface area contributed by atoms with Crippen LogP contribution in [0.3, 0.4) is 0 Å². The quantitative estimate of drug-likeness (QED) is 0.373. The molecule has 0 fully saturated rings. The molecule has 0 radical (unpaired) electrons. The highest BCUT2D eigenvalue weighted by Gasteiger charge is 1.86. The summed E-state index contributed by atoms with van der Waals surface area (Å²) in [4.78, 5) is 0. The molecule has 0 aliphatic rings. The van der Waals surface area contributed by atoms with Gasteiger partial charge in [0.15, 0.2) is 0 Å². The van der Waals surface area contributed by atoms with Crippen LogP contribution in [-0.4, -0.2) is 11.2 Å². The lowest BCUT2D eigenvalue weighted by molar-refractivity contribution is 0.280. The van der Waals surface area contributed by atoms with E-state index in [1.165, 1.54) is 0 Å².